The highest BCUT2D eigenvalue weighted by Crippen LogP contribution is 2.12. The van der Waals surface area contributed by atoms with E-state index in [0.29, 0.717) is 0 Å². The van der Waals surface area contributed by atoms with Gasteiger partial charge in [0.1, 0.15) is 0 Å². The van der Waals surface area contributed by atoms with Crippen LogP contribution in [0.15, 0.2) is 0 Å². The molecule has 0 spiro atoms. The first-order valence-electron chi connectivity index (χ1n) is 6.13. The van der Waals surface area contributed by atoms with Crippen molar-refractivity contribution < 1.29 is 0 Å². The quantitative estimate of drug-likeness (QED) is 0.495. The van der Waals surface area contributed by atoms with Gasteiger partial charge in [-0.15, -0.1) is 0 Å². The molecule has 13 heavy (non-hydrogen) atoms. The summed E-state index contributed by atoms with van der Waals surface area (Å²) < 4.78 is 0. The molecule has 0 amide bonds. The number of unbranched alkanes of at least 4 members (excludes halogenated alkanes) is 2. The summed E-state index contributed by atoms with van der Waals surface area (Å²) >= 11 is 0. The Bertz CT molecular complexity index is 62.1. The molecule has 0 aromatic rings. The molecule has 0 aliphatic rings. The molecule has 0 saturated carbocycles. The van der Waals surface area contributed by atoms with Gasteiger partial charge in [0.05, 0.1) is 0 Å². The van der Waals surface area contributed by atoms with Gasteiger partial charge >= 0.3 is 0 Å². The van der Waals surface area contributed by atoms with Crippen LogP contribution in [0.2, 0.25) is 0 Å². The van der Waals surface area contributed by atoms with E-state index in [1.54, 1.807) is 0 Å². The van der Waals surface area contributed by atoms with Crippen LogP contribution in [0.25, 0.3) is 0 Å². The van der Waals surface area contributed by atoms with Crippen molar-refractivity contribution in [3.8, 4) is 0 Å². The minimum Gasteiger partial charge on any atom is -0.0683 e. The van der Waals surface area contributed by atoms with Crippen molar-refractivity contribution in [2.45, 2.75) is 73.6 Å². The molecule has 0 aliphatic heterocycles. The standard InChI is InChI=1S/C11H24.C2H6/c1-10(2)8-6-5-7-9-11(3)4;1-2/h10-11H,5-9H2,1-4H3;1-2H3. The molecule has 0 aromatic heterocycles. The average molecular weight is 186 g/mol. The molecule has 0 atom stereocenters. The first-order chi connectivity index (χ1) is 6.13. The molecule has 0 fully saturated rings. The lowest BCUT2D eigenvalue weighted by Gasteiger charge is -2.05. The van der Waals surface area contributed by atoms with Gasteiger partial charge in [0.25, 0.3) is 0 Å². The predicted molar refractivity (Wildman–Crippen MR) is 64.1 cm³/mol. The fourth-order valence-corrected chi connectivity index (χ4v) is 1.28. The summed E-state index contributed by atoms with van der Waals surface area (Å²) in [7, 11) is 0. The minimum absolute atomic E-state index is 0.897. The van der Waals surface area contributed by atoms with Crippen LogP contribution in [0.4, 0.5) is 0 Å². The Morgan fingerprint density at radius 2 is 0.923 bits per heavy atom. The topological polar surface area (TPSA) is 0 Å². The Balaban J connectivity index is 0. The SMILES string of the molecule is CC.CC(C)CCCCCC(C)C. The molecule has 0 aromatic carbocycles. The maximum absolute atomic E-state index is 2.31. The molecule has 0 radical (unpaired) electrons. The summed E-state index contributed by atoms with van der Waals surface area (Å²) in [5.74, 6) is 1.79. The summed E-state index contributed by atoms with van der Waals surface area (Å²) in [5, 5.41) is 0. The summed E-state index contributed by atoms with van der Waals surface area (Å²) in [6.45, 7) is 13.2. The van der Waals surface area contributed by atoms with Gasteiger partial charge in [0.2, 0.25) is 0 Å². The normalized spacial score (nSPS) is 10.2. The highest BCUT2D eigenvalue weighted by atomic mass is 14.0. The maximum Gasteiger partial charge on any atom is -0.0471 e. The molecule has 0 nitrogen and oxygen atoms in total. The van der Waals surface area contributed by atoms with Gasteiger partial charge in [-0.05, 0) is 11.8 Å². The van der Waals surface area contributed by atoms with E-state index in [1.165, 1.54) is 32.1 Å². The van der Waals surface area contributed by atoms with Gasteiger partial charge in [-0.2, -0.15) is 0 Å². The Hall–Kier alpha value is 0. The zero-order valence-electron chi connectivity index (χ0n) is 10.7. The first-order valence-corrected chi connectivity index (χ1v) is 6.13. The van der Waals surface area contributed by atoms with Crippen LogP contribution in [-0.2, 0) is 0 Å². The molecule has 0 aliphatic carbocycles. The molecule has 0 unspecified atom stereocenters. The van der Waals surface area contributed by atoms with E-state index in [1.807, 2.05) is 13.8 Å². The third-order valence-corrected chi connectivity index (χ3v) is 2.06. The molecule has 0 bridgehead atoms. The monoisotopic (exact) mass is 186 g/mol. The summed E-state index contributed by atoms with van der Waals surface area (Å²) in [6.07, 6.45) is 7.14. The van der Waals surface area contributed by atoms with Gasteiger partial charge in [-0.1, -0.05) is 73.6 Å². The summed E-state index contributed by atoms with van der Waals surface area (Å²) in [4.78, 5) is 0. The molecule has 0 saturated heterocycles. The largest absolute Gasteiger partial charge is 0.0683 e. The zero-order valence-corrected chi connectivity index (χ0v) is 10.7. The fraction of sp³-hybridized carbons (Fsp3) is 1.00. The minimum atomic E-state index is 0.897. The van der Waals surface area contributed by atoms with Crippen molar-refractivity contribution in [3.05, 3.63) is 0 Å². The van der Waals surface area contributed by atoms with E-state index in [0.717, 1.165) is 11.8 Å². The predicted octanol–water partition coefficient (Wildman–Crippen LogP) is 5.28. The van der Waals surface area contributed by atoms with Gasteiger partial charge in [0.15, 0.2) is 0 Å². The third-order valence-electron chi connectivity index (χ3n) is 2.06. The number of rotatable bonds is 6. The molecule has 0 heteroatoms. The Kier molecular flexibility index (Phi) is 14.3. The van der Waals surface area contributed by atoms with Gasteiger partial charge in [-0.25, -0.2) is 0 Å². The molecule has 0 rings (SSSR count). The highest BCUT2D eigenvalue weighted by molar-refractivity contribution is 4.49. The van der Waals surface area contributed by atoms with Gasteiger partial charge in [0, 0.05) is 0 Å². The second-order valence-electron chi connectivity index (χ2n) is 4.43. The van der Waals surface area contributed by atoms with Crippen molar-refractivity contribution in [2.75, 3.05) is 0 Å². The second-order valence-corrected chi connectivity index (χ2v) is 4.43. The van der Waals surface area contributed by atoms with Crippen molar-refractivity contribution >= 4 is 0 Å². The average Bonchev–Trinajstić information content (AvgIpc) is 2.06. The first kappa shape index (κ1) is 15.5. The molecule has 82 valence electrons. The molecule has 0 N–H and O–H groups in total. The lowest BCUT2D eigenvalue weighted by Crippen LogP contribution is -1.89. The maximum atomic E-state index is 2.31. The zero-order chi connectivity index (χ0) is 10.7. The van der Waals surface area contributed by atoms with Crippen molar-refractivity contribution in [3.63, 3.8) is 0 Å². The van der Waals surface area contributed by atoms with Crippen molar-refractivity contribution in [1.29, 1.82) is 0 Å². The van der Waals surface area contributed by atoms with E-state index in [-0.39, 0.29) is 0 Å². The summed E-state index contributed by atoms with van der Waals surface area (Å²) in [6, 6.07) is 0. The van der Waals surface area contributed by atoms with E-state index in [9.17, 15) is 0 Å². The van der Waals surface area contributed by atoms with Crippen LogP contribution in [0, 0.1) is 11.8 Å². The van der Waals surface area contributed by atoms with E-state index >= 15 is 0 Å². The van der Waals surface area contributed by atoms with Crippen LogP contribution in [0.5, 0.6) is 0 Å². The fourth-order valence-electron chi connectivity index (χ4n) is 1.28. The van der Waals surface area contributed by atoms with Crippen molar-refractivity contribution in [2.24, 2.45) is 11.8 Å². The van der Waals surface area contributed by atoms with Crippen LogP contribution in [-0.4, -0.2) is 0 Å². The van der Waals surface area contributed by atoms with E-state index < -0.39 is 0 Å². The lowest BCUT2D eigenvalue weighted by atomic mass is 10.0. The summed E-state index contributed by atoms with van der Waals surface area (Å²) in [5.41, 5.74) is 0. The van der Waals surface area contributed by atoms with Crippen LogP contribution < -0.4 is 0 Å². The highest BCUT2D eigenvalue weighted by Gasteiger charge is 1.95. The number of hydrogen-bond acceptors (Lipinski definition) is 0. The van der Waals surface area contributed by atoms with Crippen molar-refractivity contribution in [1.82, 2.24) is 0 Å². The Morgan fingerprint density at radius 1 is 0.615 bits per heavy atom. The molecule has 0 heterocycles. The van der Waals surface area contributed by atoms with E-state index in [4.69, 9.17) is 0 Å². The van der Waals surface area contributed by atoms with Gasteiger partial charge < -0.3 is 0 Å². The van der Waals surface area contributed by atoms with E-state index in [2.05, 4.69) is 27.7 Å². The number of hydrogen-bond donors (Lipinski definition) is 0. The smallest absolute Gasteiger partial charge is 0.0471 e. The lowest BCUT2D eigenvalue weighted by molar-refractivity contribution is 0.486. The van der Waals surface area contributed by atoms with Gasteiger partial charge in [-0.3, -0.25) is 0 Å². The Labute approximate surface area is 86.1 Å². The van der Waals surface area contributed by atoms with Crippen LogP contribution in [0.3, 0.4) is 0 Å². The Morgan fingerprint density at radius 3 is 1.15 bits per heavy atom. The third kappa shape index (κ3) is 18.8. The van der Waals surface area contributed by atoms with Crippen LogP contribution >= 0.6 is 0 Å². The second kappa shape index (κ2) is 12.0. The van der Waals surface area contributed by atoms with Crippen LogP contribution in [0.1, 0.15) is 73.6 Å². The molecular weight excluding hydrogens is 156 g/mol. The molecular formula is C13H30.